The van der Waals surface area contributed by atoms with Crippen LogP contribution in [0.15, 0.2) is 0 Å². The fourth-order valence-corrected chi connectivity index (χ4v) is 4.16. The van der Waals surface area contributed by atoms with Crippen molar-refractivity contribution in [2.75, 3.05) is 13.1 Å². The number of carbonyl (C=O) groups excluding carboxylic acids is 3. The molecule has 0 aromatic carbocycles. The summed E-state index contributed by atoms with van der Waals surface area (Å²) in [6, 6.07) is 0.407. The van der Waals surface area contributed by atoms with Gasteiger partial charge in [0.05, 0.1) is 0 Å². The van der Waals surface area contributed by atoms with Crippen LogP contribution in [0.25, 0.3) is 0 Å². The molecular formula is C16H24N2O3. The van der Waals surface area contributed by atoms with E-state index in [9.17, 15) is 14.4 Å². The Balaban J connectivity index is 1.57. The molecule has 1 aliphatic carbocycles. The second-order valence-corrected chi connectivity index (χ2v) is 6.53. The zero-order valence-corrected chi connectivity index (χ0v) is 12.6. The lowest BCUT2D eigenvalue weighted by Crippen LogP contribution is -2.50. The van der Waals surface area contributed by atoms with E-state index in [1.165, 1.54) is 30.6 Å². The average molecular weight is 292 g/mol. The summed E-state index contributed by atoms with van der Waals surface area (Å²) >= 11 is 0. The summed E-state index contributed by atoms with van der Waals surface area (Å²) in [5, 5.41) is 0. The Kier molecular flexibility index (Phi) is 4.27. The van der Waals surface area contributed by atoms with Crippen molar-refractivity contribution in [2.45, 2.75) is 63.8 Å². The molecular weight excluding hydrogens is 268 g/mol. The van der Waals surface area contributed by atoms with Gasteiger partial charge in [-0.2, -0.15) is 0 Å². The minimum Gasteiger partial charge on any atom is -0.339 e. The Morgan fingerprint density at radius 2 is 1.67 bits per heavy atom. The molecule has 2 saturated heterocycles. The predicted octanol–water partition coefficient (Wildman–Crippen LogP) is 1.71. The molecule has 0 radical (unpaired) electrons. The number of amides is 3. The Bertz CT molecular complexity index is 431. The first-order valence-corrected chi connectivity index (χ1v) is 8.29. The second kappa shape index (κ2) is 6.16. The van der Waals surface area contributed by atoms with E-state index in [2.05, 4.69) is 0 Å². The van der Waals surface area contributed by atoms with Gasteiger partial charge in [0, 0.05) is 38.4 Å². The summed E-state index contributed by atoms with van der Waals surface area (Å²) in [5.41, 5.74) is 0. The van der Waals surface area contributed by atoms with Gasteiger partial charge in [0.2, 0.25) is 17.7 Å². The average Bonchev–Trinajstić information content (AvgIpc) is 2.83. The summed E-state index contributed by atoms with van der Waals surface area (Å²) in [6.07, 6.45) is 8.12. The number of nitrogens with zero attached hydrogens (tertiary/aromatic N) is 2. The summed E-state index contributed by atoms with van der Waals surface area (Å²) < 4.78 is 0. The van der Waals surface area contributed by atoms with Crippen molar-refractivity contribution in [3.63, 3.8) is 0 Å². The Labute approximate surface area is 125 Å². The molecule has 0 N–H and O–H groups in total. The third-order valence-corrected chi connectivity index (χ3v) is 5.27. The van der Waals surface area contributed by atoms with Gasteiger partial charge in [0.15, 0.2) is 0 Å². The second-order valence-electron chi connectivity index (χ2n) is 6.53. The molecule has 2 heterocycles. The number of hydrogen-bond acceptors (Lipinski definition) is 3. The molecule has 0 aromatic rings. The highest BCUT2D eigenvalue weighted by atomic mass is 16.2. The molecule has 3 aliphatic rings. The first kappa shape index (κ1) is 14.5. The van der Waals surface area contributed by atoms with Gasteiger partial charge in [0.1, 0.15) is 0 Å². The number of likely N-dealkylation sites (tertiary alicyclic amines) is 2. The van der Waals surface area contributed by atoms with Gasteiger partial charge in [-0.25, -0.2) is 0 Å². The van der Waals surface area contributed by atoms with E-state index in [1.807, 2.05) is 4.90 Å². The molecule has 116 valence electrons. The van der Waals surface area contributed by atoms with Crippen LogP contribution in [0.1, 0.15) is 57.8 Å². The van der Waals surface area contributed by atoms with Crippen LogP contribution >= 0.6 is 0 Å². The molecule has 3 rings (SSSR count). The van der Waals surface area contributed by atoms with Crippen molar-refractivity contribution >= 4 is 17.7 Å². The molecule has 0 bridgehead atoms. The highest BCUT2D eigenvalue weighted by Crippen LogP contribution is 2.35. The van der Waals surface area contributed by atoms with Crippen LogP contribution in [0.5, 0.6) is 0 Å². The minimum atomic E-state index is -0.123. The van der Waals surface area contributed by atoms with Crippen LogP contribution in [-0.4, -0.2) is 46.7 Å². The molecule has 21 heavy (non-hydrogen) atoms. The largest absolute Gasteiger partial charge is 0.339 e. The number of hydrogen-bond donors (Lipinski definition) is 0. The Hall–Kier alpha value is -1.39. The molecule has 2 atom stereocenters. The van der Waals surface area contributed by atoms with Gasteiger partial charge in [-0.05, 0) is 31.6 Å². The molecule has 1 saturated carbocycles. The quantitative estimate of drug-likeness (QED) is 0.744. The molecule has 3 amide bonds. The van der Waals surface area contributed by atoms with Crippen molar-refractivity contribution in [1.82, 2.24) is 9.80 Å². The van der Waals surface area contributed by atoms with E-state index < -0.39 is 0 Å². The van der Waals surface area contributed by atoms with Crippen molar-refractivity contribution in [3.8, 4) is 0 Å². The topological polar surface area (TPSA) is 57.7 Å². The molecule has 2 aliphatic heterocycles. The Morgan fingerprint density at radius 1 is 1.00 bits per heavy atom. The lowest BCUT2D eigenvalue weighted by molar-refractivity contribution is -0.141. The van der Waals surface area contributed by atoms with Gasteiger partial charge >= 0.3 is 0 Å². The van der Waals surface area contributed by atoms with Gasteiger partial charge < -0.3 is 4.90 Å². The van der Waals surface area contributed by atoms with Crippen molar-refractivity contribution in [3.05, 3.63) is 0 Å². The molecule has 0 unspecified atom stereocenters. The fourth-order valence-electron chi connectivity index (χ4n) is 4.16. The number of imide groups is 1. The van der Waals surface area contributed by atoms with Crippen molar-refractivity contribution < 1.29 is 14.4 Å². The maximum absolute atomic E-state index is 12.5. The first-order chi connectivity index (χ1) is 10.2. The van der Waals surface area contributed by atoms with Gasteiger partial charge in [-0.1, -0.05) is 12.8 Å². The third-order valence-electron chi connectivity index (χ3n) is 5.27. The monoisotopic (exact) mass is 292 g/mol. The summed E-state index contributed by atoms with van der Waals surface area (Å²) in [6.45, 7) is 1.12. The predicted molar refractivity (Wildman–Crippen MR) is 77.3 cm³/mol. The molecule has 0 spiro atoms. The van der Waals surface area contributed by atoms with E-state index in [4.69, 9.17) is 0 Å². The molecule has 5 heteroatoms. The van der Waals surface area contributed by atoms with Crippen LogP contribution in [0.4, 0.5) is 0 Å². The SMILES string of the molecule is O=C1CCC(=O)N1CCC(=O)N1CCC[C@@H]2CCCC[C@H]21. The maximum Gasteiger partial charge on any atom is 0.229 e. The molecule has 3 fully saturated rings. The fraction of sp³-hybridized carbons (Fsp3) is 0.812. The minimum absolute atomic E-state index is 0.123. The first-order valence-electron chi connectivity index (χ1n) is 8.29. The van der Waals surface area contributed by atoms with Gasteiger partial charge in [-0.3, -0.25) is 19.3 Å². The van der Waals surface area contributed by atoms with Gasteiger partial charge in [-0.15, -0.1) is 0 Å². The third kappa shape index (κ3) is 2.97. The van der Waals surface area contributed by atoms with Crippen LogP contribution in [0.2, 0.25) is 0 Å². The Morgan fingerprint density at radius 3 is 2.43 bits per heavy atom. The number of fused-ring (bicyclic) bond motifs is 1. The van der Waals surface area contributed by atoms with E-state index in [0.717, 1.165) is 19.4 Å². The van der Waals surface area contributed by atoms with E-state index in [-0.39, 0.29) is 24.3 Å². The summed E-state index contributed by atoms with van der Waals surface area (Å²) in [7, 11) is 0. The van der Waals surface area contributed by atoms with E-state index in [1.54, 1.807) is 0 Å². The van der Waals surface area contributed by atoms with E-state index >= 15 is 0 Å². The smallest absolute Gasteiger partial charge is 0.229 e. The van der Waals surface area contributed by atoms with Crippen LogP contribution in [-0.2, 0) is 14.4 Å². The zero-order valence-electron chi connectivity index (χ0n) is 12.6. The van der Waals surface area contributed by atoms with Crippen LogP contribution in [0.3, 0.4) is 0 Å². The standard InChI is InChI=1S/C16H24N2O3/c19-14-7-8-15(20)18(14)11-9-16(21)17-10-3-5-12-4-1-2-6-13(12)17/h12-13H,1-11H2/t12-,13+/m0/s1. The lowest BCUT2D eigenvalue weighted by Gasteiger charge is -2.44. The van der Waals surface area contributed by atoms with Crippen LogP contribution in [0, 0.1) is 5.92 Å². The molecule has 5 nitrogen and oxygen atoms in total. The zero-order chi connectivity index (χ0) is 14.8. The number of piperidine rings is 1. The van der Waals surface area contributed by atoms with Crippen molar-refractivity contribution in [2.24, 2.45) is 5.92 Å². The number of rotatable bonds is 3. The summed E-state index contributed by atoms with van der Waals surface area (Å²) in [5.74, 6) is 0.551. The summed E-state index contributed by atoms with van der Waals surface area (Å²) in [4.78, 5) is 39.0. The highest BCUT2D eigenvalue weighted by Gasteiger charge is 2.36. The number of carbonyl (C=O) groups is 3. The molecule has 0 aromatic heterocycles. The van der Waals surface area contributed by atoms with Gasteiger partial charge in [0.25, 0.3) is 0 Å². The van der Waals surface area contributed by atoms with Crippen molar-refractivity contribution in [1.29, 1.82) is 0 Å². The van der Waals surface area contributed by atoms with E-state index in [0.29, 0.717) is 31.2 Å². The van der Waals surface area contributed by atoms with Crippen LogP contribution < -0.4 is 0 Å². The normalized spacial score (nSPS) is 29.7. The highest BCUT2D eigenvalue weighted by molar-refractivity contribution is 6.02. The maximum atomic E-state index is 12.5. The lowest BCUT2D eigenvalue weighted by atomic mass is 9.78.